The molecule has 2 rings (SSSR count). The fourth-order valence-corrected chi connectivity index (χ4v) is 1.79. The summed E-state index contributed by atoms with van der Waals surface area (Å²) in [6.45, 7) is 1.89. The molecule has 0 aliphatic heterocycles. The normalized spacial score (nSPS) is 9.90. The van der Waals surface area contributed by atoms with E-state index in [4.69, 9.17) is 10.5 Å². The Hall–Kier alpha value is -2.69. The van der Waals surface area contributed by atoms with Crippen LogP contribution in [0.1, 0.15) is 5.56 Å². The SMILES string of the molecule is COc1ccccc1NC(=O)Nc1ccc(N)c(C)c1. The second-order valence-corrected chi connectivity index (χ2v) is 4.35. The molecule has 0 bridgehead atoms. The van der Waals surface area contributed by atoms with Crippen LogP contribution in [0.3, 0.4) is 0 Å². The van der Waals surface area contributed by atoms with E-state index < -0.39 is 0 Å². The summed E-state index contributed by atoms with van der Waals surface area (Å²) in [6, 6.07) is 12.2. The molecule has 0 heterocycles. The monoisotopic (exact) mass is 271 g/mol. The topological polar surface area (TPSA) is 76.4 Å². The standard InChI is InChI=1S/C15H17N3O2/c1-10-9-11(7-8-12(10)16)17-15(19)18-13-5-3-4-6-14(13)20-2/h3-9H,16H2,1-2H3,(H2,17,18,19). The van der Waals surface area contributed by atoms with Gasteiger partial charge >= 0.3 is 6.03 Å². The number of nitrogens with two attached hydrogens (primary N) is 1. The van der Waals surface area contributed by atoms with Gasteiger partial charge in [0.15, 0.2) is 0 Å². The molecule has 0 fully saturated rings. The number of urea groups is 1. The Kier molecular flexibility index (Phi) is 4.10. The van der Waals surface area contributed by atoms with E-state index in [1.165, 1.54) is 0 Å². The lowest BCUT2D eigenvalue weighted by atomic mass is 10.2. The third-order valence-electron chi connectivity index (χ3n) is 2.88. The van der Waals surface area contributed by atoms with Gasteiger partial charge in [-0.3, -0.25) is 0 Å². The van der Waals surface area contributed by atoms with Crippen molar-refractivity contribution in [2.24, 2.45) is 0 Å². The minimum atomic E-state index is -0.335. The van der Waals surface area contributed by atoms with Gasteiger partial charge in [0.1, 0.15) is 5.75 Å². The van der Waals surface area contributed by atoms with Crippen molar-refractivity contribution in [2.45, 2.75) is 6.92 Å². The van der Waals surface area contributed by atoms with Crippen LogP contribution in [0.4, 0.5) is 21.9 Å². The number of hydrogen-bond acceptors (Lipinski definition) is 3. The Morgan fingerprint density at radius 1 is 1.15 bits per heavy atom. The van der Waals surface area contributed by atoms with Crippen LogP contribution in [-0.4, -0.2) is 13.1 Å². The van der Waals surface area contributed by atoms with Crippen molar-refractivity contribution >= 4 is 23.1 Å². The lowest BCUT2D eigenvalue weighted by molar-refractivity contribution is 0.262. The van der Waals surface area contributed by atoms with Gasteiger partial charge in [-0.25, -0.2) is 4.79 Å². The minimum Gasteiger partial charge on any atom is -0.495 e. The number of carbonyl (C=O) groups is 1. The molecule has 2 aromatic rings. The van der Waals surface area contributed by atoms with E-state index in [1.54, 1.807) is 31.4 Å². The van der Waals surface area contributed by atoms with E-state index >= 15 is 0 Å². The van der Waals surface area contributed by atoms with Crippen LogP contribution < -0.4 is 21.1 Å². The maximum absolute atomic E-state index is 11.9. The van der Waals surface area contributed by atoms with Crippen LogP contribution in [0.2, 0.25) is 0 Å². The summed E-state index contributed by atoms with van der Waals surface area (Å²) in [6.07, 6.45) is 0. The fourth-order valence-electron chi connectivity index (χ4n) is 1.79. The van der Waals surface area contributed by atoms with E-state index in [9.17, 15) is 4.79 Å². The van der Waals surface area contributed by atoms with E-state index in [0.29, 0.717) is 22.8 Å². The molecule has 0 aromatic heterocycles. The highest BCUT2D eigenvalue weighted by atomic mass is 16.5. The Bertz CT molecular complexity index is 626. The largest absolute Gasteiger partial charge is 0.495 e. The summed E-state index contributed by atoms with van der Waals surface area (Å²) in [4.78, 5) is 11.9. The molecule has 0 atom stereocenters. The van der Waals surface area contributed by atoms with E-state index in [2.05, 4.69) is 10.6 Å². The van der Waals surface area contributed by atoms with Crippen molar-refractivity contribution < 1.29 is 9.53 Å². The number of benzene rings is 2. The highest BCUT2D eigenvalue weighted by Crippen LogP contribution is 2.23. The van der Waals surface area contributed by atoms with Crippen LogP contribution in [0.5, 0.6) is 5.75 Å². The third kappa shape index (κ3) is 3.20. The molecule has 0 saturated heterocycles. The predicted molar refractivity (Wildman–Crippen MR) is 81.2 cm³/mol. The molecule has 0 spiro atoms. The van der Waals surface area contributed by atoms with E-state index in [1.807, 2.05) is 25.1 Å². The van der Waals surface area contributed by atoms with Gasteiger partial charge in [-0.2, -0.15) is 0 Å². The van der Waals surface area contributed by atoms with Gasteiger partial charge < -0.3 is 21.1 Å². The number of hydrogen-bond donors (Lipinski definition) is 3. The van der Waals surface area contributed by atoms with Crippen molar-refractivity contribution in [1.29, 1.82) is 0 Å². The van der Waals surface area contributed by atoms with Crippen LogP contribution in [-0.2, 0) is 0 Å². The Labute approximate surface area is 117 Å². The molecule has 0 unspecified atom stereocenters. The molecule has 2 amide bonds. The zero-order chi connectivity index (χ0) is 14.5. The fraction of sp³-hybridized carbons (Fsp3) is 0.133. The van der Waals surface area contributed by atoms with Crippen LogP contribution in [0, 0.1) is 6.92 Å². The number of carbonyl (C=O) groups excluding carboxylic acids is 1. The minimum absolute atomic E-state index is 0.335. The van der Waals surface area contributed by atoms with Crippen molar-refractivity contribution in [3.05, 3.63) is 48.0 Å². The number of rotatable bonds is 3. The number of para-hydroxylation sites is 2. The van der Waals surface area contributed by atoms with Crippen molar-refractivity contribution in [3.63, 3.8) is 0 Å². The molecule has 5 heteroatoms. The van der Waals surface area contributed by atoms with Gasteiger partial charge in [-0.15, -0.1) is 0 Å². The number of ether oxygens (including phenoxy) is 1. The molecule has 20 heavy (non-hydrogen) atoms. The van der Waals surface area contributed by atoms with Gasteiger partial charge in [0.25, 0.3) is 0 Å². The predicted octanol–water partition coefficient (Wildman–Crippen LogP) is 3.23. The number of amides is 2. The molecule has 0 aliphatic carbocycles. The number of methoxy groups -OCH3 is 1. The molecule has 4 N–H and O–H groups in total. The summed E-state index contributed by atoms with van der Waals surface area (Å²) in [7, 11) is 1.56. The van der Waals surface area contributed by atoms with Gasteiger partial charge in [0.2, 0.25) is 0 Å². The van der Waals surface area contributed by atoms with E-state index in [-0.39, 0.29) is 6.03 Å². The molecule has 0 aliphatic rings. The number of anilines is 3. The molecule has 2 aromatic carbocycles. The highest BCUT2D eigenvalue weighted by Gasteiger charge is 2.07. The number of nitrogens with one attached hydrogen (secondary N) is 2. The molecular weight excluding hydrogens is 254 g/mol. The first kappa shape index (κ1) is 13.7. The third-order valence-corrected chi connectivity index (χ3v) is 2.88. The van der Waals surface area contributed by atoms with Crippen LogP contribution >= 0.6 is 0 Å². The summed E-state index contributed by atoms with van der Waals surface area (Å²) < 4.78 is 5.17. The Balaban J connectivity index is 2.07. The first-order chi connectivity index (χ1) is 9.60. The van der Waals surface area contributed by atoms with Crippen molar-refractivity contribution in [1.82, 2.24) is 0 Å². The van der Waals surface area contributed by atoms with Gasteiger partial charge in [-0.05, 0) is 42.8 Å². The van der Waals surface area contributed by atoms with E-state index in [0.717, 1.165) is 5.56 Å². The lowest BCUT2D eigenvalue weighted by Gasteiger charge is -2.11. The number of nitrogen functional groups attached to an aromatic ring is 1. The van der Waals surface area contributed by atoms with Crippen molar-refractivity contribution in [3.8, 4) is 5.75 Å². The van der Waals surface area contributed by atoms with Crippen molar-refractivity contribution in [2.75, 3.05) is 23.5 Å². The summed E-state index contributed by atoms with van der Waals surface area (Å²) in [5.41, 5.74) is 8.64. The molecule has 104 valence electrons. The van der Waals surface area contributed by atoms with Crippen LogP contribution in [0.15, 0.2) is 42.5 Å². The Morgan fingerprint density at radius 2 is 1.90 bits per heavy atom. The average molecular weight is 271 g/mol. The Morgan fingerprint density at radius 3 is 2.60 bits per heavy atom. The van der Waals surface area contributed by atoms with Gasteiger partial charge in [0, 0.05) is 11.4 Å². The first-order valence-electron chi connectivity index (χ1n) is 6.17. The summed E-state index contributed by atoms with van der Waals surface area (Å²) >= 11 is 0. The zero-order valence-corrected chi connectivity index (χ0v) is 11.4. The van der Waals surface area contributed by atoms with Gasteiger partial charge in [0.05, 0.1) is 12.8 Å². The second-order valence-electron chi connectivity index (χ2n) is 4.35. The quantitative estimate of drug-likeness (QED) is 0.750. The smallest absolute Gasteiger partial charge is 0.323 e. The lowest BCUT2D eigenvalue weighted by Crippen LogP contribution is -2.19. The summed E-state index contributed by atoms with van der Waals surface area (Å²) in [5, 5.41) is 5.49. The maximum Gasteiger partial charge on any atom is 0.323 e. The first-order valence-corrected chi connectivity index (χ1v) is 6.17. The summed E-state index contributed by atoms with van der Waals surface area (Å²) in [5.74, 6) is 0.608. The van der Waals surface area contributed by atoms with Gasteiger partial charge in [-0.1, -0.05) is 12.1 Å². The highest BCUT2D eigenvalue weighted by molar-refractivity contribution is 6.00. The molecule has 0 saturated carbocycles. The molecule has 0 radical (unpaired) electrons. The number of aryl methyl sites for hydroxylation is 1. The van der Waals surface area contributed by atoms with Crippen LogP contribution in [0.25, 0.3) is 0 Å². The average Bonchev–Trinajstić information content (AvgIpc) is 2.43. The molecule has 5 nitrogen and oxygen atoms in total. The second kappa shape index (κ2) is 5.97. The molecular formula is C15H17N3O2. The maximum atomic E-state index is 11.9. The zero-order valence-electron chi connectivity index (χ0n) is 11.4.